The lowest BCUT2D eigenvalue weighted by Crippen LogP contribution is -2.42. The fraction of sp³-hybridized carbons (Fsp3) is 0.526. The third-order valence-corrected chi connectivity index (χ3v) is 5.65. The van der Waals surface area contributed by atoms with Gasteiger partial charge in [0.15, 0.2) is 0 Å². The van der Waals surface area contributed by atoms with Crippen LogP contribution in [-0.4, -0.2) is 34.7 Å². The lowest BCUT2D eigenvalue weighted by Gasteiger charge is -2.34. The number of benzene rings is 1. The Labute approximate surface area is 157 Å². The summed E-state index contributed by atoms with van der Waals surface area (Å²) in [5.41, 5.74) is 3.28. The monoisotopic (exact) mass is 440 g/mol. The van der Waals surface area contributed by atoms with Crippen molar-refractivity contribution in [3.63, 3.8) is 0 Å². The molecular formula is C19H25IN2O2. The minimum Gasteiger partial charge on any atom is -0.444 e. The molecule has 130 valence electrons. The molecule has 1 saturated heterocycles. The first-order chi connectivity index (χ1) is 11.3. The van der Waals surface area contributed by atoms with E-state index in [1.54, 1.807) is 0 Å². The smallest absolute Gasteiger partial charge is 0.410 e. The molecule has 1 aliphatic rings. The number of aromatic amines is 1. The Morgan fingerprint density at radius 1 is 1.38 bits per heavy atom. The number of hydrogen-bond donors (Lipinski definition) is 1. The van der Waals surface area contributed by atoms with Crippen molar-refractivity contribution >= 4 is 39.6 Å². The Morgan fingerprint density at radius 2 is 2.12 bits per heavy atom. The van der Waals surface area contributed by atoms with Gasteiger partial charge in [0, 0.05) is 39.2 Å². The fourth-order valence-electron chi connectivity index (χ4n) is 3.34. The average molecular weight is 440 g/mol. The van der Waals surface area contributed by atoms with Crippen LogP contribution in [0.1, 0.15) is 50.8 Å². The molecule has 3 rings (SSSR count). The molecule has 0 aliphatic carbocycles. The van der Waals surface area contributed by atoms with Crippen molar-refractivity contribution < 1.29 is 9.53 Å². The minimum atomic E-state index is -0.448. The number of nitrogens with zero attached hydrogens (tertiary/aromatic N) is 1. The number of H-pyrrole nitrogens is 1. The molecule has 1 N–H and O–H groups in total. The van der Waals surface area contributed by atoms with Crippen LogP contribution in [-0.2, 0) is 4.74 Å². The van der Waals surface area contributed by atoms with Crippen LogP contribution in [0.15, 0.2) is 18.2 Å². The number of nitrogens with one attached hydrogen (secondary N) is 1. The van der Waals surface area contributed by atoms with Gasteiger partial charge in [-0.1, -0.05) is 18.2 Å². The molecule has 2 heterocycles. The molecule has 1 aliphatic heterocycles. The molecule has 5 heteroatoms. The van der Waals surface area contributed by atoms with E-state index in [9.17, 15) is 4.79 Å². The number of halogens is 1. The first kappa shape index (κ1) is 17.6. The van der Waals surface area contributed by atoms with Gasteiger partial charge in [0.2, 0.25) is 0 Å². The van der Waals surface area contributed by atoms with E-state index in [1.165, 1.54) is 25.7 Å². The number of likely N-dealkylation sites (tertiary alicyclic amines) is 1. The van der Waals surface area contributed by atoms with Crippen LogP contribution in [0.3, 0.4) is 0 Å². The van der Waals surface area contributed by atoms with E-state index in [-0.39, 0.29) is 6.09 Å². The van der Waals surface area contributed by atoms with E-state index >= 15 is 0 Å². The third kappa shape index (κ3) is 3.55. The number of fused-ring (bicyclic) bond motifs is 1. The van der Waals surface area contributed by atoms with Crippen LogP contribution < -0.4 is 0 Å². The predicted molar refractivity (Wildman–Crippen MR) is 106 cm³/mol. The molecule has 0 bridgehead atoms. The molecule has 1 aromatic heterocycles. The molecule has 0 radical (unpaired) electrons. The zero-order chi connectivity index (χ0) is 17.5. The topological polar surface area (TPSA) is 45.3 Å². The summed E-state index contributed by atoms with van der Waals surface area (Å²) in [6, 6.07) is 6.40. The summed E-state index contributed by atoms with van der Waals surface area (Å²) in [5, 5.41) is 1.28. The summed E-state index contributed by atoms with van der Waals surface area (Å²) in [4.78, 5) is 17.9. The number of ether oxygens (including phenoxy) is 1. The summed E-state index contributed by atoms with van der Waals surface area (Å²) in [5.74, 6) is 0.338. The van der Waals surface area contributed by atoms with Gasteiger partial charge in [-0.3, -0.25) is 0 Å². The third-order valence-electron chi connectivity index (χ3n) is 4.49. The molecule has 1 atom stereocenters. The lowest BCUT2D eigenvalue weighted by atomic mass is 9.95. The molecule has 0 saturated carbocycles. The maximum Gasteiger partial charge on any atom is 0.410 e. The first-order valence-electron chi connectivity index (χ1n) is 8.51. The van der Waals surface area contributed by atoms with E-state index in [0.717, 1.165) is 25.9 Å². The van der Waals surface area contributed by atoms with Gasteiger partial charge in [0.05, 0.1) is 0 Å². The number of rotatable bonds is 1. The second kappa shape index (κ2) is 6.58. The summed E-state index contributed by atoms with van der Waals surface area (Å²) >= 11 is 2.43. The molecule has 4 nitrogen and oxygen atoms in total. The fourth-order valence-corrected chi connectivity index (χ4v) is 4.36. The molecule has 0 spiro atoms. The van der Waals surface area contributed by atoms with Crippen molar-refractivity contribution in [3.05, 3.63) is 33.0 Å². The molecule has 1 fully saturated rings. The maximum absolute atomic E-state index is 12.4. The first-order valence-corrected chi connectivity index (χ1v) is 9.59. The molecule has 1 amide bonds. The number of aryl methyl sites for hydroxylation is 1. The average Bonchev–Trinajstić information content (AvgIpc) is 2.85. The quantitative estimate of drug-likeness (QED) is 0.620. The van der Waals surface area contributed by atoms with Crippen molar-refractivity contribution in [1.29, 1.82) is 0 Å². The highest BCUT2D eigenvalue weighted by atomic mass is 127. The Hall–Kier alpha value is -1.24. The van der Waals surface area contributed by atoms with Crippen LogP contribution in [0, 0.1) is 10.5 Å². The zero-order valence-corrected chi connectivity index (χ0v) is 16.9. The maximum atomic E-state index is 12.4. The van der Waals surface area contributed by atoms with E-state index in [0.29, 0.717) is 5.92 Å². The van der Waals surface area contributed by atoms with Crippen molar-refractivity contribution in [2.45, 2.75) is 52.1 Å². The number of carbonyl (C=O) groups excluding carboxylic acids is 1. The number of piperidine rings is 1. The number of aromatic nitrogens is 1. The number of amides is 1. The SMILES string of the molecule is Cc1cccc2c(I)c(C3CCCN(C(=O)OC(C)(C)C)C3)[nH]c12. The summed E-state index contributed by atoms with van der Waals surface area (Å²) in [7, 11) is 0. The van der Waals surface area contributed by atoms with Gasteiger partial charge >= 0.3 is 6.09 Å². The van der Waals surface area contributed by atoms with E-state index in [4.69, 9.17) is 4.74 Å². The number of carbonyl (C=O) groups is 1. The van der Waals surface area contributed by atoms with E-state index in [2.05, 4.69) is 52.7 Å². The highest BCUT2D eigenvalue weighted by Gasteiger charge is 2.30. The second-order valence-electron chi connectivity index (χ2n) is 7.62. The predicted octanol–water partition coefficient (Wildman–Crippen LogP) is 5.20. The molecule has 2 aromatic rings. The van der Waals surface area contributed by atoms with Crippen molar-refractivity contribution in [3.8, 4) is 0 Å². The summed E-state index contributed by atoms with van der Waals surface area (Å²) in [6.45, 7) is 9.37. The van der Waals surface area contributed by atoms with Gasteiger partial charge < -0.3 is 14.6 Å². The van der Waals surface area contributed by atoms with Gasteiger partial charge in [-0.15, -0.1) is 0 Å². The van der Waals surface area contributed by atoms with Gasteiger partial charge in [0.1, 0.15) is 5.60 Å². The molecule has 1 aromatic carbocycles. The van der Waals surface area contributed by atoms with Crippen molar-refractivity contribution in [2.24, 2.45) is 0 Å². The minimum absolute atomic E-state index is 0.200. The van der Waals surface area contributed by atoms with Gasteiger partial charge in [-0.25, -0.2) is 4.79 Å². The second-order valence-corrected chi connectivity index (χ2v) is 8.69. The van der Waals surface area contributed by atoms with Crippen LogP contribution >= 0.6 is 22.6 Å². The zero-order valence-electron chi connectivity index (χ0n) is 14.8. The number of hydrogen-bond acceptors (Lipinski definition) is 2. The summed E-state index contributed by atoms with van der Waals surface area (Å²) < 4.78 is 6.82. The molecule has 1 unspecified atom stereocenters. The van der Waals surface area contributed by atoms with Crippen molar-refractivity contribution in [1.82, 2.24) is 9.88 Å². The van der Waals surface area contributed by atoms with Gasteiger partial charge in [-0.2, -0.15) is 0 Å². The van der Waals surface area contributed by atoms with Crippen LogP contribution in [0.25, 0.3) is 10.9 Å². The summed E-state index contributed by atoms with van der Waals surface area (Å²) in [6.07, 6.45) is 1.91. The van der Waals surface area contributed by atoms with E-state index in [1.807, 2.05) is 25.7 Å². The lowest BCUT2D eigenvalue weighted by molar-refractivity contribution is 0.0197. The Kier molecular flexibility index (Phi) is 4.82. The van der Waals surface area contributed by atoms with Gasteiger partial charge in [0.25, 0.3) is 0 Å². The van der Waals surface area contributed by atoms with Crippen LogP contribution in [0.5, 0.6) is 0 Å². The molecular weight excluding hydrogens is 415 g/mol. The van der Waals surface area contributed by atoms with Crippen molar-refractivity contribution in [2.75, 3.05) is 13.1 Å². The number of para-hydroxylation sites is 1. The Bertz CT molecular complexity index is 761. The largest absolute Gasteiger partial charge is 0.444 e. The standard InChI is InChI=1S/C19H25IN2O2/c1-12-7-5-9-14-15(20)17(21-16(12)14)13-8-6-10-22(11-13)18(23)24-19(2,3)4/h5,7,9,13,21H,6,8,10-11H2,1-4H3. The van der Waals surface area contributed by atoms with Gasteiger partial charge in [-0.05, 0) is 68.7 Å². The normalized spacial score (nSPS) is 18.9. The van der Waals surface area contributed by atoms with Crippen LogP contribution in [0.4, 0.5) is 4.79 Å². The molecule has 24 heavy (non-hydrogen) atoms. The highest BCUT2D eigenvalue weighted by molar-refractivity contribution is 14.1. The highest BCUT2D eigenvalue weighted by Crippen LogP contribution is 2.35. The van der Waals surface area contributed by atoms with Crippen LogP contribution in [0.2, 0.25) is 0 Å². The Morgan fingerprint density at radius 3 is 2.79 bits per heavy atom. The Balaban J connectivity index is 1.84. The van der Waals surface area contributed by atoms with E-state index < -0.39 is 5.60 Å².